The lowest BCUT2D eigenvalue weighted by molar-refractivity contribution is -0.138. The van der Waals surface area contributed by atoms with Crippen molar-refractivity contribution in [1.82, 2.24) is 10.2 Å². The van der Waals surface area contributed by atoms with Crippen LogP contribution in [-0.4, -0.2) is 57.4 Å². The number of ether oxygens (including phenoxy) is 1. The number of carbonyl (C=O) groups is 2. The molecule has 0 aliphatic carbocycles. The zero-order chi connectivity index (χ0) is 30.0. The second kappa shape index (κ2) is 14.9. The van der Waals surface area contributed by atoms with Crippen LogP contribution < -0.4 is 14.4 Å². The molecule has 10 heteroatoms. The number of rotatable bonds is 14. The summed E-state index contributed by atoms with van der Waals surface area (Å²) in [5, 5.41) is 3.27. The van der Waals surface area contributed by atoms with Crippen LogP contribution in [0.3, 0.4) is 0 Å². The van der Waals surface area contributed by atoms with Gasteiger partial charge < -0.3 is 15.0 Å². The van der Waals surface area contributed by atoms with Crippen LogP contribution in [0.25, 0.3) is 0 Å². The second-order valence-corrected chi connectivity index (χ2v) is 12.3. The molecule has 0 bridgehead atoms. The summed E-state index contributed by atoms with van der Waals surface area (Å²) in [5.74, 6) is -0.271. The highest BCUT2D eigenvalue weighted by atomic mass is 35.5. The molecule has 0 spiro atoms. The summed E-state index contributed by atoms with van der Waals surface area (Å²) < 4.78 is 34.8. The van der Waals surface area contributed by atoms with E-state index in [4.69, 9.17) is 16.3 Å². The SMILES string of the molecule is CCOc1ccccc1N(CC(=O)N(CCc1ccccc1)[C@H](C)C(=O)NCC(C)C)S(=O)(=O)c1ccc(Cl)cc1. The lowest BCUT2D eigenvalue weighted by Gasteiger charge is -2.32. The fourth-order valence-corrected chi connectivity index (χ4v) is 5.76. The van der Waals surface area contributed by atoms with Crippen molar-refractivity contribution in [3.63, 3.8) is 0 Å². The average Bonchev–Trinajstić information content (AvgIpc) is 2.96. The van der Waals surface area contributed by atoms with Gasteiger partial charge in [0.1, 0.15) is 18.3 Å². The van der Waals surface area contributed by atoms with Crippen LogP contribution in [0, 0.1) is 5.92 Å². The smallest absolute Gasteiger partial charge is 0.264 e. The minimum atomic E-state index is -4.23. The van der Waals surface area contributed by atoms with Crippen molar-refractivity contribution < 1.29 is 22.7 Å². The molecule has 0 saturated heterocycles. The number of benzene rings is 3. The second-order valence-electron chi connectivity index (χ2n) is 10.0. The molecule has 0 unspecified atom stereocenters. The number of hydrogen-bond donors (Lipinski definition) is 1. The highest BCUT2D eigenvalue weighted by Crippen LogP contribution is 2.33. The van der Waals surface area contributed by atoms with Gasteiger partial charge in [0.25, 0.3) is 10.0 Å². The first-order valence-electron chi connectivity index (χ1n) is 13.7. The molecule has 1 N–H and O–H groups in total. The normalized spacial score (nSPS) is 12.0. The summed E-state index contributed by atoms with van der Waals surface area (Å²) in [6.45, 7) is 7.87. The Balaban J connectivity index is 2.01. The molecule has 0 aliphatic rings. The van der Waals surface area contributed by atoms with Crippen LogP contribution in [0.4, 0.5) is 5.69 Å². The van der Waals surface area contributed by atoms with Gasteiger partial charge >= 0.3 is 0 Å². The lowest BCUT2D eigenvalue weighted by atomic mass is 10.1. The van der Waals surface area contributed by atoms with E-state index in [1.54, 1.807) is 38.1 Å². The Labute approximate surface area is 248 Å². The van der Waals surface area contributed by atoms with E-state index in [0.717, 1.165) is 9.87 Å². The van der Waals surface area contributed by atoms with Crippen LogP contribution in [0.2, 0.25) is 5.02 Å². The third-order valence-electron chi connectivity index (χ3n) is 6.45. The Kier molecular flexibility index (Phi) is 11.6. The third-order valence-corrected chi connectivity index (χ3v) is 8.48. The van der Waals surface area contributed by atoms with Gasteiger partial charge in [0, 0.05) is 18.1 Å². The number of hydrogen-bond acceptors (Lipinski definition) is 5. The molecule has 2 amide bonds. The first kappa shape index (κ1) is 32.0. The molecule has 0 saturated carbocycles. The maximum atomic E-state index is 14.0. The maximum Gasteiger partial charge on any atom is 0.264 e. The Hall–Kier alpha value is -3.56. The topological polar surface area (TPSA) is 96.0 Å². The number of anilines is 1. The van der Waals surface area contributed by atoms with Crippen molar-refractivity contribution in [2.24, 2.45) is 5.92 Å². The van der Waals surface area contributed by atoms with E-state index in [1.807, 2.05) is 44.2 Å². The summed E-state index contributed by atoms with van der Waals surface area (Å²) >= 11 is 6.02. The molecule has 8 nitrogen and oxygen atoms in total. The van der Waals surface area contributed by atoms with Gasteiger partial charge in [0.05, 0.1) is 17.2 Å². The van der Waals surface area contributed by atoms with Gasteiger partial charge in [-0.2, -0.15) is 0 Å². The lowest BCUT2D eigenvalue weighted by Crippen LogP contribution is -2.52. The molecular formula is C31H38ClN3O5S. The molecule has 0 aliphatic heterocycles. The third kappa shape index (κ3) is 8.71. The van der Waals surface area contributed by atoms with Crippen LogP contribution in [0.1, 0.15) is 33.3 Å². The highest BCUT2D eigenvalue weighted by molar-refractivity contribution is 7.92. The number of nitrogens with one attached hydrogen (secondary N) is 1. The molecular weight excluding hydrogens is 562 g/mol. The van der Waals surface area contributed by atoms with Gasteiger partial charge in [0.15, 0.2) is 0 Å². The summed E-state index contributed by atoms with van der Waals surface area (Å²) in [5.41, 5.74) is 1.21. The predicted octanol–water partition coefficient (Wildman–Crippen LogP) is 5.17. The molecule has 3 rings (SSSR count). The van der Waals surface area contributed by atoms with E-state index in [1.165, 1.54) is 29.2 Å². The molecule has 0 heterocycles. The van der Waals surface area contributed by atoms with E-state index in [-0.39, 0.29) is 29.0 Å². The molecule has 0 radical (unpaired) electrons. The summed E-state index contributed by atoms with van der Waals surface area (Å²) in [4.78, 5) is 28.5. The number of halogens is 1. The van der Waals surface area contributed by atoms with Crippen molar-refractivity contribution in [2.45, 2.75) is 45.1 Å². The Bertz CT molecular complexity index is 1400. The first-order chi connectivity index (χ1) is 19.5. The number of para-hydroxylation sites is 2. The Morgan fingerprint density at radius 3 is 2.20 bits per heavy atom. The van der Waals surface area contributed by atoms with E-state index >= 15 is 0 Å². The van der Waals surface area contributed by atoms with Crippen molar-refractivity contribution >= 4 is 39.1 Å². The van der Waals surface area contributed by atoms with Gasteiger partial charge in [-0.1, -0.05) is 67.9 Å². The molecule has 1 atom stereocenters. The fourth-order valence-electron chi connectivity index (χ4n) is 4.21. The van der Waals surface area contributed by atoms with Gasteiger partial charge in [-0.3, -0.25) is 13.9 Å². The molecule has 41 heavy (non-hydrogen) atoms. The highest BCUT2D eigenvalue weighted by Gasteiger charge is 2.33. The average molecular weight is 600 g/mol. The van der Waals surface area contributed by atoms with Gasteiger partial charge in [-0.25, -0.2) is 8.42 Å². The van der Waals surface area contributed by atoms with E-state index in [9.17, 15) is 18.0 Å². The van der Waals surface area contributed by atoms with Crippen LogP contribution >= 0.6 is 11.6 Å². The summed E-state index contributed by atoms with van der Waals surface area (Å²) in [6, 6.07) is 21.2. The molecule has 3 aromatic carbocycles. The van der Waals surface area contributed by atoms with E-state index in [0.29, 0.717) is 30.3 Å². The van der Waals surface area contributed by atoms with Gasteiger partial charge in [-0.15, -0.1) is 0 Å². The van der Waals surface area contributed by atoms with Gasteiger partial charge in [0.2, 0.25) is 11.8 Å². The van der Waals surface area contributed by atoms with Crippen molar-refractivity contribution in [3.05, 3.63) is 89.4 Å². The molecule has 0 fully saturated rings. The Morgan fingerprint density at radius 1 is 0.927 bits per heavy atom. The largest absolute Gasteiger partial charge is 0.492 e. The monoisotopic (exact) mass is 599 g/mol. The standard InChI is InChI=1S/C31H38ClN3O5S/c1-5-40-29-14-10-9-13-28(29)35(41(38,39)27-17-15-26(32)16-18-27)22-30(36)34(20-19-25-11-7-6-8-12-25)24(4)31(37)33-21-23(2)3/h6-18,23-24H,5,19-22H2,1-4H3,(H,33,37)/t24-/m1/s1. The van der Waals surface area contributed by atoms with Crippen LogP contribution in [-0.2, 0) is 26.0 Å². The molecule has 0 aromatic heterocycles. The maximum absolute atomic E-state index is 14.0. The molecule has 3 aromatic rings. The van der Waals surface area contributed by atoms with Crippen LogP contribution in [0.15, 0.2) is 83.8 Å². The number of amides is 2. The van der Waals surface area contributed by atoms with Crippen LogP contribution in [0.5, 0.6) is 5.75 Å². The minimum Gasteiger partial charge on any atom is -0.492 e. The van der Waals surface area contributed by atoms with E-state index in [2.05, 4.69) is 5.32 Å². The fraction of sp³-hybridized carbons (Fsp3) is 0.355. The quantitative estimate of drug-likeness (QED) is 0.276. The minimum absolute atomic E-state index is 0.0282. The van der Waals surface area contributed by atoms with Crippen molar-refractivity contribution in [1.29, 1.82) is 0 Å². The zero-order valence-electron chi connectivity index (χ0n) is 23.9. The summed E-state index contributed by atoms with van der Waals surface area (Å²) in [7, 11) is -4.23. The number of carbonyl (C=O) groups excluding carboxylic acids is 2. The predicted molar refractivity (Wildman–Crippen MR) is 163 cm³/mol. The zero-order valence-corrected chi connectivity index (χ0v) is 25.5. The number of nitrogens with zero attached hydrogens (tertiary/aromatic N) is 2. The van der Waals surface area contributed by atoms with Gasteiger partial charge in [-0.05, 0) is 68.1 Å². The first-order valence-corrected chi connectivity index (χ1v) is 15.5. The number of sulfonamides is 1. The molecule has 220 valence electrons. The van der Waals surface area contributed by atoms with Crippen molar-refractivity contribution in [3.8, 4) is 5.75 Å². The van der Waals surface area contributed by atoms with Crippen molar-refractivity contribution in [2.75, 3.05) is 30.5 Å². The Morgan fingerprint density at radius 2 is 1.56 bits per heavy atom. The van der Waals surface area contributed by atoms with E-state index < -0.39 is 28.5 Å². The summed E-state index contributed by atoms with van der Waals surface area (Å²) in [6.07, 6.45) is 0.494.